The van der Waals surface area contributed by atoms with Crippen molar-refractivity contribution in [3.8, 4) is 5.75 Å². The van der Waals surface area contributed by atoms with Gasteiger partial charge in [-0.3, -0.25) is 9.59 Å². The lowest BCUT2D eigenvalue weighted by atomic mass is 9.97. The van der Waals surface area contributed by atoms with Crippen LogP contribution in [0.4, 0.5) is 4.39 Å². The largest absolute Gasteiger partial charge is 0.494 e. The summed E-state index contributed by atoms with van der Waals surface area (Å²) in [5, 5.41) is 6.25. The minimum Gasteiger partial charge on any atom is -0.494 e. The minimum absolute atomic E-state index is 0. The molecule has 1 aromatic rings. The molecule has 162 valence electrons. The van der Waals surface area contributed by atoms with Crippen molar-refractivity contribution in [1.82, 2.24) is 15.5 Å². The van der Waals surface area contributed by atoms with Crippen molar-refractivity contribution >= 4 is 24.2 Å². The molecule has 2 saturated heterocycles. The quantitative estimate of drug-likeness (QED) is 0.625. The van der Waals surface area contributed by atoms with Crippen LogP contribution in [0, 0.1) is 11.7 Å². The zero-order valence-electron chi connectivity index (χ0n) is 16.7. The fourth-order valence-electron chi connectivity index (χ4n) is 3.84. The lowest BCUT2D eigenvalue weighted by Gasteiger charge is -2.33. The Morgan fingerprint density at radius 3 is 2.72 bits per heavy atom. The number of hydrogen-bond acceptors (Lipinski definition) is 4. The summed E-state index contributed by atoms with van der Waals surface area (Å²) in [5.41, 5.74) is 0. The molecule has 2 atom stereocenters. The monoisotopic (exact) mass is 427 g/mol. The van der Waals surface area contributed by atoms with Gasteiger partial charge in [-0.25, -0.2) is 4.39 Å². The highest BCUT2D eigenvalue weighted by atomic mass is 35.5. The third-order valence-electron chi connectivity index (χ3n) is 5.43. The smallest absolute Gasteiger partial charge is 0.237 e. The van der Waals surface area contributed by atoms with Gasteiger partial charge in [0.1, 0.15) is 11.6 Å². The Morgan fingerprint density at radius 1 is 1.21 bits per heavy atom. The van der Waals surface area contributed by atoms with Gasteiger partial charge in [0.25, 0.3) is 0 Å². The van der Waals surface area contributed by atoms with Gasteiger partial charge in [0.15, 0.2) is 0 Å². The number of nitrogens with one attached hydrogen (secondary N) is 2. The summed E-state index contributed by atoms with van der Waals surface area (Å²) in [5.74, 6) is 0.853. The first kappa shape index (κ1) is 23.4. The second kappa shape index (κ2) is 12.0. The SMILES string of the molecule is Cl.O=C(NCC1CCCN(C(=O)CCCOc2ccc(F)cc2)C1)C1CCCN1. The molecule has 2 aliphatic rings. The summed E-state index contributed by atoms with van der Waals surface area (Å²) < 4.78 is 18.4. The van der Waals surface area contributed by atoms with Crippen LogP contribution in [0.15, 0.2) is 24.3 Å². The van der Waals surface area contributed by atoms with E-state index in [0.29, 0.717) is 44.2 Å². The molecule has 2 N–H and O–H groups in total. The third-order valence-corrected chi connectivity index (χ3v) is 5.43. The van der Waals surface area contributed by atoms with E-state index >= 15 is 0 Å². The number of carbonyl (C=O) groups is 2. The van der Waals surface area contributed by atoms with Crippen LogP contribution < -0.4 is 15.4 Å². The molecule has 8 heteroatoms. The van der Waals surface area contributed by atoms with Gasteiger partial charge in [0, 0.05) is 26.1 Å². The Hall–Kier alpha value is -1.86. The first-order valence-corrected chi connectivity index (χ1v) is 10.3. The molecule has 0 radical (unpaired) electrons. The van der Waals surface area contributed by atoms with Crippen molar-refractivity contribution in [2.45, 2.75) is 44.6 Å². The average molecular weight is 428 g/mol. The fourth-order valence-corrected chi connectivity index (χ4v) is 3.84. The minimum atomic E-state index is -0.294. The standard InChI is InChI=1S/C21H30FN3O3.ClH/c22-17-7-9-18(10-8-17)28-13-3-6-20(26)25-12-2-4-16(15-25)14-24-21(27)19-5-1-11-23-19;/h7-10,16,19,23H,1-6,11-15H2,(H,24,27);1H. The molecule has 0 saturated carbocycles. The number of piperidine rings is 1. The number of likely N-dealkylation sites (tertiary alicyclic amines) is 1. The molecule has 0 bridgehead atoms. The molecule has 2 heterocycles. The summed E-state index contributed by atoms with van der Waals surface area (Å²) in [6.45, 7) is 3.46. The Labute approximate surface area is 178 Å². The summed E-state index contributed by atoms with van der Waals surface area (Å²) in [7, 11) is 0. The maximum Gasteiger partial charge on any atom is 0.237 e. The maximum absolute atomic E-state index is 12.9. The number of nitrogens with zero attached hydrogens (tertiary/aromatic N) is 1. The van der Waals surface area contributed by atoms with E-state index in [-0.39, 0.29) is 36.1 Å². The van der Waals surface area contributed by atoms with E-state index in [4.69, 9.17) is 4.74 Å². The van der Waals surface area contributed by atoms with Crippen LogP contribution in [0.2, 0.25) is 0 Å². The molecular formula is C21H31ClFN3O3. The number of hydrogen-bond donors (Lipinski definition) is 2. The van der Waals surface area contributed by atoms with Crippen molar-refractivity contribution in [2.75, 3.05) is 32.8 Å². The second-order valence-electron chi connectivity index (χ2n) is 7.65. The molecule has 0 aliphatic carbocycles. The zero-order valence-corrected chi connectivity index (χ0v) is 17.5. The number of carbonyl (C=O) groups excluding carboxylic acids is 2. The van der Waals surface area contributed by atoms with Crippen LogP contribution in [-0.4, -0.2) is 55.5 Å². The van der Waals surface area contributed by atoms with E-state index in [1.807, 2.05) is 4.90 Å². The Morgan fingerprint density at radius 2 is 2.00 bits per heavy atom. The molecule has 6 nitrogen and oxygen atoms in total. The van der Waals surface area contributed by atoms with Crippen LogP contribution in [0.1, 0.15) is 38.5 Å². The molecule has 29 heavy (non-hydrogen) atoms. The first-order chi connectivity index (χ1) is 13.6. The number of halogens is 2. The maximum atomic E-state index is 12.9. The van der Waals surface area contributed by atoms with E-state index in [9.17, 15) is 14.0 Å². The highest BCUT2D eigenvalue weighted by Crippen LogP contribution is 2.18. The van der Waals surface area contributed by atoms with Crippen molar-refractivity contribution in [3.05, 3.63) is 30.1 Å². The summed E-state index contributed by atoms with van der Waals surface area (Å²) in [6.07, 6.45) is 5.03. The van der Waals surface area contributed by atoms with E-state index < -0.39 is 0 Å². The van der Waals surface area contributed by atoms with Gasteiger partial charge < -0.3 is 20.3 Å². The van der Waals surface area contributed by atoms with Crippen LogP contribution >= 0.6 is 12.4 Å². The van der Waals surface area contributed by atoms with Gasteiger partial charge >= 0.3 is 0 Å². The molecule has 2 unspecified atom stereocenters. The molecule has 2 aliphatic heterocycles. The van der Waals surface area contributed by atoms with Crippen LogP contribution in [0.25, 0.3) is 0 Å². The van der Waals surface area contributed by atoms with Crippen LogP contribution in [0.3, 0.4) is 0 Å². The number of benzene rings is 1. The molecule has 2 fully saturated rings. The lowest BCUT2D eigenvalue weighted by molar-refractivity contribution is -0.133. The number of rotatable bonds is 8. The highest BCUT2D eigenvalue weighted by Gasteiger charge is 2.26. The van der Waals surface area contributed by atoms with Gasteiger partial charge in [-0.15, -0.1) is 12.4 Å². The van der Waals surface area contributed by atoms with Crippen molar-refractivity contribution in [1.29, 1.82) is 0 Å². The van der Waals surface area contributed by atoms with Crippen LogP contribution in [-0.2, 0) is 9.59 Å². The number of ether oxygens (including phenoxy) is 1. The fraction of sp³-hybridized carbons (Fsp3) is 0.619. The van der Waals surface area contributed by atoms with Gasteiger partial charge in [0.05, 0.1) is 12.6 Å². The van der Waals surface area contributed by atoms with Crippen molar-refractivity contribution < 1.29 is 18.7 Å². The molecule has 0 spiro atoms. The Balaban J connectivity index is 0.00000300. The Bertz CT molecular complexity index is 653. The normalized spacial score (nSPS) is 21.3. The van der Waals surface area contributed by atoms with Crippen molar-refractivity contribution in [2.24, 2.45) is 5.92 Å². The lowest BCUT2D eigenvalue weighted by Crippen LogP contribution is -2.46. The van der Waals surface area contributed by atoms with Gasteiger partial charge in [-0.1, -0.05) is 0 Å². The number of amides is 2. The molecule has 3 rings (SSSR count). The molecule has 0 aromatic heterocycles. The third kappa shape index (κ3) is 7.48. The first-order valence-electron chi connectivity index (χ1n) is 10.3. The molecule has 2 amide bonds. The topological polar surface area (TPSA) is 70.7 Å². The summed E-state index contributed by atoms with van der Waals surface area (Å²) in [4.78, 5) is 26.5. The predicted octanol–water partition coefficient (Wildman–Crippen LogP) is 2.51. The van der Waals surface area contributed by atoms with Crippen molar-refractivity contribution in [3.63, 3.8) is 0 Å². The van der Waals surface area contributed by atoms with E-state index in [2.05, 4.69) is 10.6 Å². The van der Waals surface area contributed by atoms with Gasteiger partial charge in [-0.05, 0) is 68.8 Å². The molecule has 1 aromatic carbocycles. The van der Waals surface area contributed by atoms with Crippen LogP contribution in [0.5, 0.6) is 5.75 Å². The van der Waals surface area contributed by atoms with Gasteiger partial charge in [-0.2, -0.15) is 0 Å². The molecular weight excluding hydrogens is 397 g/mol. The Kier molecular flexibility index (Phi) is 9.67. The summed E-state index contributed by atoms with van der Waals surface area (Å²) >= 11 is 0. The predicted molar refractivity (Wildman–Crippen MR) is 112 cm³/mol. The van der Waals surface area contributed by atoms with E-state index in [0.717, 1.165) is 38.8 Å². The highest BCUT2D eigenvalue weighted by molar-refractivity contribution is 5.85. The average Bonchev–Trinajstić information content (AvgIpc) is 3.26. The summed E-state index contributed by atoms with van der Waals surface area (Å²) in [6, 6.07) is 5.83. The van der Waals surface area contributed by atoms with E-state index in [1.54, 1.807) is 12.1 Å². The zero-order chi connectivity index (χ0) is 19.8. The van der Waals surface area contributed by atoms with E-state index in [1.165, 1.54) is 12.1 Å². The van der Waals surface area contributed by atoms with Gasteiger partial charge in [0.2, 0.25) is 11.8 Å². The second-order valence-corrected chi connectivity index (χ2v) is 7.65.